The van der Waals surface area contributed by atoms with Crippen LogP contribution in [0.3, 0.4) is 0 Å². The summed E-state index contributed by atoms with van der Waals surface area (Å²) in [5.41, 5.74) is 2.53. The summed E-state index contributed by atoms with van der Waals surface area (Å²) in [4.78, 5) is 28.4. The van der Waals surface area contributed by atoms with Gasteiger partial charge in [0.25, 0.3) is 0 Å². The zero-order valence-electron chi connectivity index (χ0n) is 18.3. The van der Waals surface area contributed by atoms with Crippen molar-refractivity contribution in [2.45, 2.75) is 19.8 Å². The van der Waals surface area contributed by atoms with Crippen molar-refractivity contribution in [3.05, 3.63) is 64.1 Å². The first-order chi connectivity index (χ1) is 15.9. The minimum absolute atomic E-state index is 0.197. The molecule has 0 aliphatic carbocycles. The van der Waals surface area contributed by atoms with Crippen LogP contribution in [-0.2, 0) is 9.59 Å². The fourth-order valence-electron chi connectivity index (χ4n) is 3.46. The molecule has 0 spiro atoms. The maximum atomic E-state index is 12.1. The van der Waals surface area contributed by atoms with Crippen LogP contribution in [0.5, 0.6) is 0 Å². The van der Waals surface area contributed by atoms with E-state index >= 15 is 0 Å². The Morgan fingerprint density at radius 3 is 2.39 bits per heavy atom. The van der Waals surface area contributed by atoms with Crippen LogP contribution < -0.4 is 15.5 Å². The van der Waals surface area contributed by atoms with Crippen molar-refractivity contribution in [2.24, 2.45) is 0 Å². The molecule has 2 amide bonds. The molecule has 3 rings (SSSR count). The molecule has 2 aromatic carbocycles. The molecule has 1 fully saturated rings. The largest absolute Gasteiger partial charge is 0.368 e. The molecule has 33 heavy (non-hydrogen) atoms. The monoisotopic (exact) mass is 504 g/mol. The molecular formula is C24H26Cl2N4O2S. The summed E-state index contributed by atoms with van der Waals surface area (Å²) in [6, 6.07) is 12.9. The summed E-state index contributed by atoms with van der Waals surface area (Å²) in [7, 11) is 0. The Morgan fingerprint density at radius 1 is 1.06 bits per heavy atom. The van der Waals surface area contributed by atoms with Crippen LogP contribution in [0.15, 0.2) is 48.5 Å². The van der Waals surface area contributed by atoms with Gasteiger partial charge < -0.3 is 15.1 Å². The number of carbonyl (C=O) groups excluding carboxylic acids is 2. The van der Waals surface area contributed by atoms with E-state index in [4.69, 9.17) is 35.4 Å². The number of rotatable bonds is 6. The quantitative estimate of drug-likeness (QED) is 0.429. The van der Waals surface area contributed by atoms with E-state index in [-0.39, 0.29) is 16.9 Å². The Kier molecular flexibility index (Phi) is 9.11. The van der Waals surface area contributed by atoms with Crippen molar-refractivity contribution in [2.75, 3.05) is 36.4 Å². The van der Waals surface area contributed by atoms with E-state index in [9.17, 15) is 9.59 Å². The second-order valence-electron chi connectivity index (χ2n) is 7.61. The number of amides is 2. The summed E-state index contributed by atoms with van der Waals surface area (Å²) in [6.45, 7) is 5.11. The number of nitrogens with one attached hydrogen (secondary N) is 2. The first-order valence-corrected chi connectivity index (χ1v) is 11.9. The Labute approximate surface area is 209 Å². The fourth-order valence-corrected chi connectivity index (χ4v) is 4.15. The van der Waals surface area contributed by atoms with Crippen molar-refractivity contribution in [3.8, 4) is 0 Å². The highest BCUT2D eigenvalue weighted by molar-refractivity contribution is 7.80. The van der Waals surface area contributed by atoms with Crippen LogP contribution in [0.2, 0.25) is 10.0 Å². The highest BCUT2D eigenvalue weighted by Gasteiger charge is 2.20. The van der Waals surface area contributed by atoms with E-state index in [1.165, 1.54) is 6.08 Å². The van der Waals surface area contributed by atoms with Crippen LogP contribution >= 0.6 is 35.4 Å². The third-order valence-corrected chi connectivity index (χ3v) is 5.97. The van der Waals surface area contributed by atoms with Gasteiger partial charge in [0.05, 0.1) is 0 Å². The first kappa shape index (κ1) is 25.0. The normalized spacial score (nSPS) is 13.8. The van der Waals surface area contributed by atoms with Crippen molar-refractivity contribution in [1.29, 1.82) is 0 Å². The van der Waals surface area contributed by atoms with Gasteiger partial charge >= 0.3 is 0 Å². The number of carbonyl (C=O) groups is 2. The molecule has 1 saturated heterocycles. The second kappa shape index (κ2) is 12.0. The summed E-state index contributed by atoms with van der Waals surface area (Å²) in [5.74, 6) is -0.135. The highest BCUT2D eigenvalue weighted by atomic mass is 35.5. The van der Waals surface area contributed by atoms with E-state index in [1.807, 2.05) is 36.1 Å². The Bertz CT molecular complexity index is 1040. The maximum absolute atomic E-state index is 12.1. The Hall–Kier alpha value is -2.61. The van der Waals surface area contributed by atoms with E-state index in [0.29, 0.717) is 22.0 Å². The fraction of sp³-hybridized carbons (Fsp3) is 0.292. The topological polar surface area (TPSA) is 64.7 Å². The Balaban J connectivity index is 1.47. The minimum Gasteiger partial charge on any atom is -0.368 e. The van der Waals surface area contributed by atoms with Gasteiger partial charge in [-0.2, -0.15) is 0 Å². The molecule has 0 bridgehead atoms. The van der Waals surface area contributed by atoms with Crippen molar-refractivity contribution in [1.82, 2.24) is 10.2 Å². The molecule has 0 unspecified atom stereocenters. The number of anilines is 2. The molecule has 0 saturated carbocycles. The number of nitrogens with zero attached hydrogens (tertiary/aromatic N) is 2. The lowest BCUT2D eigenvalue weighted by atomic mass is 10.2. The number of piperazine rings is 1. The molecule has 0 atom stereocenters. The molecule has 9 heteroatoms. The molecule has 174 valence electrons. The Morgan fingerprint density at radius 2 is 1.76 bits per heavy atom. The number of hydrogen-bond donors (Lipinski definition) is 2. The zero-order valence-corrected chi connectivity index (χ0v) is 20.6. The van der Waals surface area contributed by atoms with Gasteiger partial charge in [-0.15, -0.1) is 0 Å². The average molecular weight is 505 g/mol. The van der Waals surface area contributed by atoms with Crippen molar-refractivity contribution in [3.63, 3.8) is 0 Å². The third-order valence-electron chi connectivity index (χ3n) is 5.20. The molecule has 1 heterocycles. The molecule has 0 radical (unpaired) electrons. The van der Waals surface area contributed by atoms with Crippen LogP contribution in [0.25, 0.3) is 6.08 Å². The molecular weight excluding hydrogens is 479 g/mol. The number of hydrogen-bond acceptors (Lipinski definition) is 4. The molecule has 0 aromatic heterocycles. The van der Waals surface area contributed by atoms with Crippen molar-refractivity contribution >= 4 is 69.8 Å². The molecule has 2 N–H and O–H groups in total. The van der Waals surface area contributed by atoms with Gasteiger partial charge in [0, 0.05) is 60.1 Å². The molecule has 1 aliphatic heterocycles. The zero-order chi connectivity index (χ0) is 23.8. The number of halogens is 2. The predicted molar refractivity (Wildman–Crippen MR) is 140 cm³/mol. The van der Waals surface area contributed by atoms with Crippen LogP contribution in [0.4, 0.5) is 11.4 Å². The van der Waals surface area contributed by atoms with Gasteiger partial charge in [-0.3, -0.25) is 14.9 Å². The lowest BCUT2D eigenvalue weighted by Gasteiger charge is -2.36. The van der Waals surface area contributed by atoms with E-state index in [2.05, 4.69) is 15.5 Å². The smallest absolute Gasteiger partial charge is 0.250 e. The van der Waals surface area contributed by atoms with Gasteiger partial charge in [-0.1, -0.05) is 36.2 Å². The maximum Gasteiger partial charge on any atom is 0.250 e. The predicted octanol–water partition coefficient (Wildman–Crippen LogP) is 4.97. The third kappa shape index (κ3) is 7.45. The van der Waals surface area contributed by atoms with Gasteiger partial charge in [-0.05, 0) is 66.7 Å². The SMILES string of the molecule is CCCC(=O)N1CCN(c2ccc(NC(=S)NC(=O)/C=C/c3ccc(Cl)cc3Cl)cc2)CC1. The lowest BCUT2D eigenvalue weighted by molar-refractivity contribution is -0.131. The van der Waals surface area contributed by atoms with E-state index in [1.54, 1.807) is 24.3 Å². The van der Waals surface area contributed by atoms with Gasteiger partial charge in [0.15, 0.2) is 5.11 Å². The second-order valence-corrected chi connectivity index (χ2v) is 8.86. The molecule has 6 nitrogen and oxygen atoms in total. The summed E-state index contributed by atoms with van der Waals surface area (Å²) in [6.07, 6.45) is 4.45. The average Bonchev–Trinajstić information content (AvgIpc) is 2.79. The number of thiocarbonyl (C=S) groups is 1. The van der Waals surface area contributed by atoms with Crippen molar-refractivity contribution < 1.29 is 9.59 Å². The van der Waals surface area contributed by atoms with E-state index in [0.717, 1.165) is 44.0 Å². The minimum atomic E-state index is -0.370. The molecule has 1 aliphatic rings. The first-order valence-electron chi connectivity index (χ1n) is 10.7. The van der Waals surface area contributed by atoms with Crippen LogP contribution in [0.1, 0.15) is 25.3 Å². The standard InChI is InChI=1S/C24H26Cl2N4O2S/c1-2-3-23(32)30-14-12-29(13-15-30)20-9-7-19(8-10-20)27-24(33)28-22(31)11-5-17-4-6-18(25)16-21(17)26/h4-11,16H,2-3,12-15H2,1H3,(H2,27,28,31,33)/b11-5+. The highest BCUT2D eigenvalue weighted by Crippen LogP contribution is 2.22. The van der Waals surface area contributed by atoms with Crippen LogP contribution in [0, 0.1) is 0 Å². The molecule has 2 aromatic rings. The van der Waals surface area contributed by atoms with Gasteiger partial charge in [0.1, 0.15) is 0 Å². The lowest BCUT2D eigenvalue weighted by Crippen LogP contribution is -2.48. The van der Waals surface area contributed by atoms with Gasteiger partial charge in [0.2, 0.25) is 11.8 Å². The summed E-state index contributed by atoms with van der Waals surface area (Å²) >= 11 is 17.2. The van der Waals surface area contributed by atoms with Crippen LogP contribution in [-0.4, -0.2) is 48.0 Å². The summed E-state index contributed by atoms with van der Waals surface area (Å²) in [5, 5.41) is 6.80. The van der Waals surface area contributed by atoms with Gasteiger partial charge in [-0.25, -0.2) is 0 Å². The summed E-state index contributed by atoms with van der Waals surface area (Å²) < 4.78 is 0. The number of benzene rings is 2. The van der Waals surface area contributed by atoms with E-state index < -0.39 is 0 Å².